The molecule has 0 fully saturated rings. The number of amides is 2. The van der Waals surface area contributed by atoms with Crippen molar-refractivity contribution in [2.45, 2.75) is 19.5 Å². The Kier molecular flexibility index (Phi) is 5.71. The zero-order chi connectivity index (χ0) is 15.9. The van der Waals surface area contributed by atoms with Gasteiger partial charge in [-0.25, -0.2) is 14.2 Å². The second-order valence-electron chi connectivity index (χ2n) is 4.87. The highest BCUT2D eigenvalue weighted by Crippen LogP contribution is 2.15. The van der Waals surface area contributed by atoms with E-state index in [2.05, 4.69) is 10.3 Å². The van der Waals surface area contributed by atoms with E-state index in [1.54, 1.807) is 43.3 Å². The molecular formula is C15H18FN3O2S. The number of carbonyl (C=O) groups excluding carboxylic acids is 1. The number of thiazole rings is 1. The van der Waals surface area contributed by atoms with E-state index in [1.807, 2.05) is 5.38 Å². The molecule has 2 aromatic rings. The molecule has 7 heteroatoms. The van der Waals surface area contributed by atoms with Crippen LogP contribution in [0.5, 0.6) is 5.75 Å². The van der Waals surface area contributed by atoms with Gasteiger partial charge in [-0.2, -0.15) is 0 Å². The molecule has 0 radical (unpaired) electrons. The Labute approximate surface area is 132 Å². The second kappa shape index (κ2) is 7.74. The van der Waals surface area contributed by atoms with E-state index in [9.17, 15) is 9.18 Å². The molecule has 0 aliphatic rings. The molecule has 1 aromatic carbocycles. The zero-order valence-corrected chi connectivity index (χ0v) is 13.3. The third kappa shape index (κ3) is 4.70. The molecule has 1 heterocycles. The Morgan fingerprint density at radius 2 is 2.27 bits per heavy atom. The molecule has 1 aromatic heterocycles. The number of benzene rings is 1. The monoisotopic (exact) mass is 323 g/mol. The molecule has 0 unspecified atom stereocenters. The van der Waals surface area contributed by atoms with Crippen molar-refractivity contribution in [1.82, 2.24) is 15.2 Å². The Morgan fingerprint density at radius 3 is 2.95 bits per heavy atom. The number of hydrogen-bond donors (Lipinski definition) is 1. The van der Waals surface area contributed by atoms with Gasteiger partial charge in [0.05, 0.1) is 12.6 Å². The van der Waals surface area contributed by atoms with Crippen molar-refractivity contribution in [3.05, 3.63) is 46.7 Å². The van der Waals surface area contributed by atoms with Crippen LogP contribution in [0.2, 0.25) is 0 Å². The summed E-state index contributed by atoms with van der Waals surface area (Å²) in [5.41, 5.74) is 0. The van der Waals surface area contributed by atoms with Crippen LogP contribution in [0.15, 0.2) is 35.8 Å². The largest absolute Gasteiger partial charge is 0.488 e. The molecule has 0 aliphatic heterocycles. The minimum absolute atomic E-state index is 0.180. The predicted octanol–water partition coefficient (Wildman–Crippen LogP) is 2.89. The zero-order valence-electron chi connectivity index (χ0n) is 12.5. The molecule has 0 saturated carbocycles. The molecule has 1 atom stereocenters. The van der Waals surface area contributed by atoms with Gasteiger partial charge in [-0.3, -0.25) is 0 Å². The van der Waals surface area contributed by atoms with Gasteiger partial charge in [0.2, 0.25) is 0 Å². The highest BCUT2D eigenvalue weighted by Gasteiger charge is 2.14. The van der Waals surface area contributed by atoms with E-state index in [0.29, 0.717) is 6.54 Å². The molecule has 0 bridgehead atoms. The van der Waals surface area contributed by atoms with Crippen LogP contribution in [0.25, 0.3) is 0 Å². The molecule has 2 amide bonds. The normalized spacial score (nSPS) is 11.8. The fourth-order valence-corrected chi connectivity index (χ4v) is 2.41. The van der Waals surface area contributed by atoms with Crippen LogP contribution in [0.3, 0.4) is 0 Å². The molecule has 0 saturated heterocycles. The van der Waals surface area contributed by atoms with Gasteiger partial charge in [0, 0.05) is 18.6 Å². The van der Waals surface area contributed by atoms with Gasteiger partial charge in [0.15, 0.2) is 11.6 Å². The highest BCUT2D eigenvalue weighted by molar-refractivity contribution is 7.09. The topological polar surface area (TPSA) is 54.5 Å². The van der Waals surface area contributed by atoms with Crippen LogP contribution in [0.1, 0.15) is 11.9 Å². The SMILES string of the molecule is C[C@H](COc1ccccc1F)NC(=O)N(C)Cc1nccs1. The Morgan fingerprint density at radius 1 is 1.50 bits per heavy atom. The summed E-state index contributed by atoms with van der Waals surface area (Å²) in [5.74, 6) is -0.235. The number of nitrogens with one attached hydrogen (secondary N) is 1. The van der Waals surface area contributed by atoms with E-state index in [1.165, 1.54) is 17.4 Å². The minimum atomic E-state index is -0.415. The van der Waals surface area contributed by atoms with E-state index in [4.69, 9.17) is 4.74 Å². The number of hydrogen-bond acceptors (Lipinski definition) is 4. The van der Waals surface area contributed by atoms with Crippen molar-refractivity contribution in [3.63, 3.8) is 0 Å². The van der Waals surface area contributed by atoms with Crippen molar-refractivity contribution in [2.24, 2.45) is 0 Å². The number of carbonyl (C=O) groups is 1. The molecule has 0 spiro atoms. The first-order valence-corrected chi connectivity index (χ1v) is 7.71. The summed E-state index contributed by atoms with van der Waals surface area (Å²) >= 11 is 1.50. The van der Waals surface area contributed by atoms with Gasteiger partial charge in [0.1, 0.15) is 11.6 Å². The standard InChI is InChI=1S/C15H18FN3O2S/c1-11(10-21-13-6-4-3-5-12(13)16)18-15(20)19(2)9-14-17-7-8-22-14/h3-8,11H,9-10H2,1-2H3,(H,18,20)/t11-/m1/s1. The third-order valence-corrected chi connectivity index (χ3v) is 3.66. The van der Waals surface area contributed by atoms with Crippen LogP contribution < -0.4 is 10.1 Å². The molecule has 118 valence electrons. The van der Waals surface area contributed by atoms with E-state index < -0.39 is 5.82 Å². The van der Waals surface area contributed by atoms with E-state index in [-0.39, 0.29) is 24.4 Å². The predicted molar refractivity (Wildman–Crippen MR) is 83.5 cm³/mol. The lowest BCUT2D eigenvalue weighted by atomic mass is 10.3. The average Bonchev–Trinajstić information content (AvgIpc) is 2.99. The summed E-state index contributed by atoms with van der Waals surface area (Å²) in [6.45, 7) is 2.44. The first kappa shape index (κ1) is 16.2. The lowest BCUT2D eigenvalue weighted by molar-refractivity contribution is 0.194. The highest BCUT2D eigenvalue weighted by atomic mass is 32.1. The van der Waals surface area contributed by atoms with Crippen LogP contribution in [0.4, 0.5) is 9.18 Å². The van der Waals surface area contributed by atoms with Crippen molar-refractivity contribution in [3.8, 4) is 5.75 Å². The first-order chi connectivity index (χ1) is 10.6. The summed E-state index contributed by atoms with van der Waals surface area (Å²) in [4.78, 5) is 17.7. The fourth-order valence-electron chi connectivity index (χ4n) is 1.74. The number of rotatable bonds is 6. The minimum Gasteiger partial charge on any atom is -0.488 e. The summed E-state index contributed by atoms with van der Waals surface area (Å²) in [6, 6.07) is 5.72. The van der Waals surface area contributed by atoms with Crippen molar-refractivity contribution < 1.29 is 13.9 Å². The maximum absolute atomic E-state index is 13.4. The molecular weight excluding hydrogens is 305 g/mol. The maximum atomic E-state index is 13.4. The van der Waals surface area contributed by atoms with E-state index >= 15 is 0 Å². The summed E-state index contributed by atoms with van der Waals surface area (Å²) in [5, 5.41) is 5.53. The number of urea groups is 1. The van der Waals surface area contributed by atoms with Crippen molar-refractivity contribution in [1.29, 1.82) is 0 Å². The summed E-state index contributed by atoms with van der Waals surface area (Å²) in [7, 11) is 1.70. The van der Waals surface area contributed by atoms with E-state index in [0.717, 1.165) is 5.01 Å². The average molecular weight is 323 g/mol. The number of ether oxygens (including phenoxy) is 1. The fraction of sp³-hybridized carbons (Fsp3) is 0.333. The van der Waals surface area contributed by atoms with Gasteiger partial charge in [-0.1, -0.05) is 12.1 Å². The van der Waals surface area contributed by atoms with Gasteiger partial charge in [0.25, 0.3) is 0 Å². The van der Waals surface area contributed by atoms with Gasteiger partial charge < -0.3 is 15.0 Å². The van der Waals surface area contributed by atoms with Gasteiger partial charge in [-0.05, 0) is 19.1 Å². The Balaban J connectivity index is 1.77. The molecule has 2 rings (SSSR count). The smallest absolute Gasteiger partial charge is 0.317 e. The Bertz CT molecular complexity index is 607. The van der Waals surface area contributed by atoms with Gasteiger partial charge >= 0.3 is 6.03 Å². The molecule has 22 heavy (non-hydrogen) atoms. The summed E-state index contributed by atoms with van der Waals surface area (Å²) < 4.78 is 18.8. The van der Waals surface area contributed by atoms with Crippen molar-refractivity contribution in [2.75, 3.05) is 13.7 Å². The summed E-state index contributed by atoms with van der Waals surface area (Å²) in [6.07, 6.45) is 1.70. The lowest BCUT2D eigenvalue weighted by Crippen LogP contribution is -2.43. The van der Waals surface area contributed by atoms with Gasteiger partial charge in [-0.15, -0.1) is 11.3 Å². The number of halogens is 1. The number of aromatic nitrogens is 1. The van der Waals surface area contributed by atoms with Crippen LogP contribution in [-0.4, -0.2) is 35.6 Å². The lowest BCUT2D eigenvalue weighted by Gasteiger charge is -2.20. The quantitative estimate of drug-likeness (QED) is 0.889. The van der Waals surface area contributed by atoms with Crippen LogP contribution >= 0.6 is 11.3 Å². The molecule has 0 aliphatic carbocycles. The molecule has 5 nitrogen and oxygen atoms in total. The third-order valence-electron chi connectivity index (χ3n) is 2.90. The number of para-hydroxylation sites is 1. The molecule has 1 N–H and O–H groups in total. The maximum Gasteiger partial charge on any atom is 0.317 e. The van der Waals surface area contributed by atoms with Crippen LogP contribution in [0, 0.1) is 5.82 Å². The van der Waals surface area contributed by atoms with Crippen molar-refractivity contribution >= 4 is 17.4 Å². The second-order valence-corrected chi connectivity index (χ2v) is 5.85. The number of nitrogens with zero attached hydrogens (tertiary/aromatic N) is 2. The Hall–Kier alpha value is -2.15. The first-order valence-electron chi connectivity index (χ1n) is 6.83. The van der Waals surface area contributed by atoms with Crippen LogP contribution in [-0.2, 0) is 6.54 Å².